The SMILES string of the molecule is CCN(CCO)C(=O)Nc1ccccc1COC. The molecule has 5 nitrogen and oxygen atoms in total. The summed E-state index contributed by atoms with van der Waals surface area (Å²) in [7, 11) is 1.61. The summed E-state index contributed by atoms with van der Waals surface area (Å²) in [6.45, 7) is 3.16. The van der Waals surface area contributed by atoms with Crippen molar-refractivity contribution in [3.05, 3.63) is 29.8 Å². The van der Waals surface area contributed by atoms with Crippen molar-refractivity contribution in [1.29, 1.82) is 0 Å². The topological polar surface area (TPSA) is 61.8 Å². The standard InChI is InChI=1S/C13H20N2O3/c1-3-15(8-9-16)13(17)14-12-7-5-4-6-11(12)10-18-2/h4-7,16H,3,8-10H2,1-2H3,(H,14,17). The Hall–Kier alpha value is -1.59. The number of ether oxygens (including phenoxy) is 1. The molecule has 100 valence electrons. The Morgan fingerprint density at radius 2 is 2.17 bits per heavy atom. The van der Waals surface area contributed by atoms with Crippen molar-refractivity contribution in [2.45, 2.75) is 13.5 Å². The van der Waals surface area contributed by atoms with Crippen LogP contribution in [0, 0.1) is 0 Å². The van der Waals surface area contributed by atoms with Gasteiger partial charge in [0.15, 0.2) is 0 Å². The molecular weight excluding hydrogens is 232 g/mol. The Bertz CT molecular complexity index is 382. The highest BCUT2D eigenvalue weighted by Gasteiger charge is 2.12. The van der Waals surface area contributed by atoms with Crippen LogP contribution in [0.3, 0.4) is 0 Å². The summed E-state index contributed by atoms with van der Waals surface area (Å²) in [5, 5.41) is 11.7. The van der Waals surface area contributed by atoms with Gasteiger partial charge in [-0.05, 0) is 13.0 Å². The second-order valence-electron chi connectivity index (χ2n) is 3.82. The number of amides is 2. The molecule has 0 radical (unpaired) electrons. The highest BCUT2D eigenvalue weighted by atomic mass is 16.5. The Balaban J connectivity index is 2.74. The minimum absolute atomic E-state index is 0.0407. The predicted octanol–water partition coefficient (Wildman–Crippen LogP) is 1.68. The minimum atomic E-state index is -0.213. The predicted molar refractivity (Wildman–Crippen MR) is 70.5 cm³/mol. The van der Waals surface area contributed by atoms with Gasteiger partial charge in [0.1, 0.15) is 0 Å². The number of methoxy groups -OCH3 is 1. The monoisotopic (exact) mass is 252 g/mol. The second-order valence-corrected chi connectivity index (χ2v) is 3.82. The largest absolute Gasteiger partial charge is 0.395 e. The van der Waals surface area contributed by atoms with Crippen LogP contribution in [0.25, 0.3) is 0 Å². The van der Waals surface area contributed by atoms with Gasteiger partial charge in [-0.3, -0.25) is 0 Å². The number of benzene rings is 1. The molecule has 2 N–H and O–H groups in total. The van der Waals surface area contributed by atoms with Gasteiger partial charge in [-0.2, -0.15) is 0 Å². The van der Waals surface area contributed by atoms with Gasteiger partial charge in [-0.25, -0.2) is 4.79 Å². The fourth-order valence-corrected chi connectivity index (χ4v) is 1.64. The van der Waals surface area contributed by atoms with Crippen LogP contribution in [0.5, 0.6) is 0 Å². The molecule has 5 heteroatoms. The van der Waals surface area contributed by atoms with E-state index in [1.165, 1.54) is 0 Å². The summed E-state index contributed by atoms with van der Waals surface area (Å²) in [6, 6.07) is 7.28. The molecule has 18 heavy (non-hydrogen) atoms. The first-order valence-electron chi connectivity index (χ1n) is 5.96. The van der Waals surface area contributed by atoms with Crippen LogP contribution in [0.15, 0.2) is 24.3 Å². The van der Waals surface area contributed by atoms with Gasteiger partial charge < -0.3 is 20.1 Å². The Labute approximate surface area is 107 Å². The molecule has 0 spiro atoms. The van der Waals surface area contributed by atoms with Crippen LogP contribution in [-0.2, 0) is 11.3 Å². The smallest absolute Gasteiger partial charge is 0.321 e. The number of para-hydroxylation sites is 1. The highest BCUT2D eigenvalue weighted by Crippen LogP contribution is 2.16. The van der Waals surface area contributed by atoms with Crippen LogP contribution in [0.1, 0.15) is 12.5 Å². The number of aliphatic hydroxyl groups excluding tert-OH is 1. The van der Waals surface area contributed by atoms with Gasteiger partial charge in [-0.1, -0.05) is 18.2 Å². The van der Waals surface area contributed by atoms with Gasteiger partial charge in [0, 0.05) is 31.5 Å². The second kappa shape index (κ2) is 7.68. The van der Waals surface area contributed by atoms with Crippen LogP contribution in [0.4, 0.5) is 10.5 Å². The van der Waals surface area contributed by atoms with Crippen molar-refractivity contribution in [2.24, 2.45) is 0 Å². The summed E-state index contributed by atoms with van der Waals surface area (Å²) in [6.07, 6.45) is 0. The van der Waals surface area contributed by atoms with E-state index in [0.717, 1.165) is 11.3 Å². The number of anilines is 1. The third-order valence-corrected chi connectivity index (χ3v) is 2.60. The molecule has 0 fully saturated rings. The van der Waals surface area contributed by atoms with E-state index in [1.54, 1.807) is 12.0 Å². The molecule has 0 aliphatic rings. The molecule has 0 saturated heterocycles. The lowest BCUT2D eigenvalue weighted by Gasteiger charge is -2.21. The first kappa shape index (κ1) is 14.5. The van der Waals surface area contributed by atoms with Crippen LogP contribution >= 0.6 is 0 Å². The van der Waals surface area contributed by atoms with Crippen molar-refractivity contribution in [3.63, 3.8) is 0 Å². The molecule has 1 aromatic rings. The van der Waals surface area contributed by atoms with E-state index in [2.05, 4.69) is 5.32 Å². The zero-order chi connectivity index (χ0) is 13.4. The molecule has 1 aromatic carbocycles. The average molecular weight is 252 g/mol. The molecule has 0 heterocycles. The molecule has 0 aromatic heterocycles. The summed E-state index contributed by atoms with van der Waals surface area (Å²) < 4.78 is 5.08. The van der Waals surface area contributed by atoms with Crippen molar-refractivity contribution < 1.29 is 14.6 Å². The summed E-state index contributed by atoms with van der Waals surface area (Å²) in [5.41, 5.74) is 1.66. The minimum Gasteiger partial charge on any atom is -0.395 e. The number of nitrogens with one attached hydrogen (secondary N) is 1. The molecule has 0 bridgehead atoms. The summed E-state index contributed by atoms with van der Waals surface area (Å²) >= 11 is 0. The summed E-state index contributed by atoms with van der Waals surface area (Å²) in [4.78, 5) is 13.5. The number of carbonyl (C=O) groups excluding carboxylic acids is 1. The molecule has 0 unspecified atom stereocenters. The third-order valence-electron chi connectivity index (χ3n) is 2.60. The molecule has 0 saturated carbocycles. The zero-order valence-corrected chi connectivity index (χ0v) is 10.8. The van der Waals surface area contributed by atoms with Crippen molar-refractivity contribution in [1.82, 2.24) is 4.90 Å². The first-order valence-corrected chi connectivity index (χ1v) is 5.96. The Morgan fingerprint density at radius 1 is 1.44 bits per heavy atom. The maximum atomic E-state index is 12.0. The fourth-order valence-electron chi connectivity index (χ4n) is 1.64. The van der Waals surface area contributed by atoms with E-state index in [1.807, 2.05) is 31.2 Å². The van der Waals surface area contributed by atoms with E-state index < -0.39 is 0 Å². The molecule has 0 aliphatic heterocycles. The van der Waals surface area contributed by atoms with Crippen molar-refractivity contribution in [3.8, 4) is 0 Å². The number of rotatable bonds is 6. The van der Waals surface area contributed by atoms with Gasteiger partial charge in [0.05, 0.1) is 13.2 Å². The summed E-state index contributed by atoms with van der Waals surface area (Å²) in [5.74, 6) is 0. The van der Waals surface area contributed by atoms with Crippen LogP contribution in [-0.4, -0.2) is 42.8 Å². The van der Waals surface area contributed by atoms with E-state index in [4.69, 9.17) is 9.84 Å². The van der Waals surface area contributed by atoms with E-state index in [0.29, 0.717) is 19.7 Å². The number of hydrogen-bond donors (Lipinski definition) is 2. The molecular formula is C13H20N2O3. The zero-order valence-electron chi connectivity index (χ0n) is 10.8. The molecule has 0 atom stereocenters. The number of aliphatic hydroxyl groups is 1. The van der Waals surface area contributed by atoms with Crippen molar-refractivity contribution >= 4 is 11.7 Å². The van der Waals surface area contributed by atoms with Crippen LogP contribution in [0.2, 0.25) is 0 Å². The van der Waals surface area contributed by atoms with Gasteiger partial charge in [-0.15, -0.1) is 0 Å². The van der Waals surface area contributed by atoms with Gasteiger partial charge in [0.25, 0.3) is 0 Å². The number of carbonyl (C=O) groups is 1. The maximum Gasteiger partial charge on any atom is 0.321 e. The average Bonchev–Trinajstić information content (AvgIpc) is 2.38. The van der Waals surface area contributed by atoms with E-state index >= 15 is 0 Å². The van der Waals surface area contributed by atoms with Crippen molar-refractivity contribution in [2.75, 3.05) is 32.1 Å². The quantitative estimate of drug-likeness (QED) is 0.809. The molecule has 0 aliphatic carbocycles. The normalized spacial score (nSPS) is 10.2. The lowest BCUT2D eigenvalue weighted by atomic mass is 10.2. The van der Waals surface area contributed by atoms with E-state index in [9.17, 15) is 4.79 Å². The number of nitrogens with zero attached hydrogens (tertiary/aromatic N) is 1. The molecule has 2 amide bonds. The number of urea groups is 1. The van der Waals surface area contributed by atoms with Crippen LogP contribution < -0.4 is 5.32 Å². The lowest BCUT2D eigenvalue weighted by Crippen LogP contribution is -2.37. The fraction of sp³-hybridized carbons (Fsp3) is 0.462. The van der Waals surface area contributed by atoms with Gasteiger partial charge >= 0.3 is 6.03 Å². The lowest BCUT2D eigenvalue weighted by molar-refractivity contribution is 0.184. The maximum absolute atomic E-state index is 12.0. The Kier molecular flexibility index (Phi) is 6.18. The Morgan fingerprint density at radius 3 is 2.78 bits per heavy atom. The highest BCUT2D eigenvalue weighted by molar-refractivity contribution is 5.90. The number of likely N-dealkylation sites (N-methyl/N-ethyl adjacent to an activating group) is 1. The van der Waals surface area contributed by atoms with E-state index in [-0.39, 0.29) is 12.6 Å². The molecule has 1 rings (SSSR count). The van der Waals surface area contributed by atoms with Gasteiger partial charge in [0.2, 0.25) is 0 Å². The third kappa shape index (κ3) is 4.01. The number of hydrogen-bond acceptors (Lipinski definition) is 3. The first-order chi connectivity index (χ1) is 8.72.